The summed E-state index contributed by atoms with van der Waals surface area (Å²) in [6.45, 7) is 1.67. The van der Waals surface area contributed by atoms with E-state index in [0.29, 0.717) is 37.1 Å². The van der Waals surface area contributed by atoms with Crippen LogP contribution in [-0.2, 0) is 52.9 Å². The highest BCUT2D eigenvalue weighted by Crippen LogP contribution is 2.38. The number of benzene rings is 5. The lowest BCUT2D eigenvalue weighted by atomic mass is 9.87. The van der Waals surface area contributed by atoms with Crippen LogP contribution in [0.3, 0.4) is 0 Å². The molecular weight excluding hydrogens is 1270 g/mol. The van der Waals surface area contributed by atoms with E-state index in [1.165, 1.54) is 36.7 Å². The third kappa shape index (κ3) is 17.5. The molecule has 5 aromatic carbocycles. The normalized spacial score (nSPS) is 21.8. The average Bonchev–Trinajstić information content (AvgIpc) is 1.33. The van der Waals surface area contributed by atoms with Gasteiger partial charge in [-0.15, -0.1) is 10.2 Å². The van der Waals surface area contributed by atoms with Crippen LogP contribution in [0.15, 0.2) is 146 Å². The van der Waals surface area contributed by atoms with Gasteiger partial charge in [-0.05, 0) is 109 Å². The lowest BCUT2D eigenvalue weighted by molar-refractivity contribution is -0.257. The highest BCUT2D eigenvalue weighted by atomic mass is 16.6. The molecule has 14 N–H and O–H groups in total. The van der Waals surface area contributed by atoms with Crippen LogP contribution in [0.25, 0.3) is 22.3 Å². The van der Waals surface area contributed by atoms with Crippen LogP contribution < -0.4 is 31.9 Å². The van der Waals surface area contributed by atoms with Gasteiger partial charge in [0, 0.05) is 75.1 Å². The van der Waals surface area contributed by atoms with Crippen molar-refractivity contribution in [1.29, 1.82) is 0 Å². The number of nitrogens with zero attached hydrogens (tertiary/aromatic N) is 6. The van der Waals surface area contributed by atoms with E-state index in [1.807, 2.05) is 60.7 Å². The van der Waals surface area contributed by atoms with Crippen molar-refractivity contribution in [2.75, 3.05) is 26.2 Å². The Bertz CT molecular complexity index is 3650. The van der Waals surface area contributed by atoms with Crippen LogP contribution in [0.2, 0.25) is 0 Å². The van der Waals surface area contributed by atoms with E-state index in [2.05, 4.69) is 52.5 Å². The summed E-state index contributed by atoms with van der Waals surface area (Å²) in [5.74, 6) is -6.56. The minimum absolute atomic E-state index is 0.220. The zero-order chi connectivity index (χ0) is 70.3. The fraction of sp³-hybridized carbons (Fsp3) is 0.382. The van der Waals surface area contributed by atoms with Crippen LogP contribution in [-0.4, -0.2) is 205 Å². The van der Waals surface area contributed by atoms with E-state index in [0.717, 1.165) is 45.5 Å². The Morgan fingerprint density at radius 3 is 1.11 bits per heavy atom. The first-order valence-electron chi connectivity index (χ1n) is 31.8. The number of unbranched alkanes of at least 4 members (excludes halogenated alkanes) is 2. The number of rotatable bonds is 30. The van der Waals surface area contributed by atoms with Crippen molar-refractivity contribution < 1.29 is 88.7 Å². The number of amides is 6. The predicted molar refractivity (Wildman–Crippen MR) is 347 cm³/mol. The van der Waals surface area contributed by atoms with E-state index in [1.54, 1.807) is 48.5 Å². The molecule has 0 aliphatic carbocycles. The molecule has 2 fully saturated rings. The second kappa shape index (κ2) is 32.7. The summed E-state index contributed by atoms with van der Waals surface area (Å²) < 4.78 is 13.8. The Hall–Kier alpha value is -10.2. The first-order chi connectivity index (χ1) is 47.0. The number of hydrogen-bond donors (Lipinski definition) is 14. The van der Waals surface area contributed by atoms with Gasteiger partial charge in [-0.2, -0.15) is 0 Å². The van der Waals surface area contributed by atoms with Gasteiger partial charge in [0.2, 0.25) is 11.8 Å². The molecule has 12 atom stereocenters. The summed E-state index contributed by atoms with van der Waals surface area (Å²) in [5, 5.41) is 121. The number of aryl methyl sites for hydroxylation is 2. The quantitative estimate of drug-likeness (QED) is 0.0277. The van der Waals surface area contributed by atoms with Crippen LogP contribution in [0.1, 0.15) is 105 Å². The molecular formula is C68H78N12O18. The van der Waals surface area contributed by atoms with E-state index in [4.69, 9.17) is 9.47 Å². The van der Waals surface area contributed by atoms with Gasteiger partial charge in [0.1, 0.15) is 24.4 Å². The maximum atomic E-state index is 13.1. The summed E-state index contributed by atoms with van der Waals surface area (Å²) in [5.41, 5.74) is 0.329. The first kappa shape index (κ1) is 72.1. The maximum absolute atomic E-state index is 13.1. The van der Waals surface area contributed by atoms with Crippen LogP contribution >= 0.6 is 0 Å². The van der Waals surface area contributed by atoms with E-state index in [-0.39, 0.29) is 48.2 Å². The number of ether oxygens (including phenoxy) is 2. The average molecular weight is 1350 g/mol. The number of aliphatic hydroxyl groups is 6. The Labute approximate surface area is 561 Å². The molecule has 4 heterocycles. The van der Waals surface area contributed by atoms with Crippen LogP contribution in [0, 0.1) is 0 Å². The molecule has 0 radical (unpaired) electrons. The number of hydrogen-bond acceptors (Lipinski definition) is 20. The number of aliphatic carboxylic acids is 2. The van der Waals surface area contributed by atoms with Gasteiger partial charge in [0.05, 0.1) is 60.3 Å². The molecule has 6 amide bonds. The van der Waals surface area contributed by atoms with Gasteiger partial charge in [0.25, 0.3) is 35.1 Å². The molecule has 518 valence electrons. The summed E-state index contributed by atoms with van der Waals surface area (Å²) in [7, 11) is 0. The topological polar surface area (TPSA) is 450 Å². The Balaban J connectivity index is 0.703. The number of carboxylic acid groups (broad SMARTS) is 2. The number of aromatic nitrogens is 6. The second-order valence-electron chi connectivity index (χ2n) is 24.1. The molecule has 2 saturated heterocycles. The number of carbonyl (C=O) groups excluding carboxylic acids is 6. The maximum Gasteiger partial charge on any atom is 0.359 e. The summed E-state index contributed by atoms with van der Waals surface area (Å²) in [6, 6.07) is 35.5. The van der Waals surface area contributed by atoms with Gasteiger partial charge in [-0.25, -0.2) is 19.0 Å². The molecule has 30 heteroatoms. The van der Waals surface area contributed by atoms with Gasteiger partial charge < -0.3 is 82.2 Å². The minimum atomic E-state index is -2.48. The van der Waals surface area contributed by atoms with Crippen molar-refractivity contribution >= 4 is 47.4 Å². The third-order valence-electron chi connectivity index (χ3n) is 17.0. The summed E-state index contributed by atoms with van der Waals surface area (Å²) >= 11 is 0. The predicted octanol–water partition coefficient (Wildman–Crippen LogP) is 0.796. The first-order valence-corrected chi connectivity index (χ1v) is 31.8. The minimum Gasteiger partial charge on any atom is -0.478 e. The van der Waals surface area contributed by atoms with Crippen LogP contribution in [0.4, 0.5) is 0 Å². The number of nitrogens with one attached hydrogen (secondary N) is 6. The zero-order valence-electron chi connectivity index (χ0n) is 53.5. The molecule has 1 unspecified atom stereocenters. The standard InChI is InChI=1S/C68H78N12O18/c1-39(81)73-55-51(83)33-67(65(93)94,97-59(55)57(87)53(85)35-71-63(91)47-23-19-43(20-24-47)41-13-5-3-6-14-41)79-37-49(75-77-79)17-9-11-31-69-61(89)45-27-29-46(30-28-45)62(90)70-32-12-10-18-50-38-80(78-76-50)68(66(95)96)34-52(84)56(74-40(2)82)60(98-68)58(88)54(86)36-72-64(92)48-25-21-44(22-26-48)42-15-7-4-8-16-42/h3-8,13-16,19-30,37-38,51-60,83-88H,9-12,17-18,31-36H2,1-2H3,(H,69,89)(H,70,90)(H,71,91)(H,72,92)(H,73,81)(H,74,82)(H,93,94)(H,95,96)/t51-,52-,53+,54+,55+,56?,57+,58+,59+,60+,67+,68+/m0/s1. The number of carboxylic acids is 2. The van der Waals surface area contributed by atoms with Gasteiger partial charge in [-0.1, -0.05) is 95.4 Å². The summed E-state index contributed by atoms with van der Waals surface area (Å²) in [4.78, 5) is 103. The molecule has 98 heavy (non-hydrogen) atoms. The SMILES string of the molecule is CC(=O)NC1[C@H]([C@H](O)[C@H](O)CNC(=O)c2ccc(-c3ccccc3)cc2)O[C@](C(=O)O)(n2cc(CCCCNC(=O)c3ccc(C(=O)NCCCCc4cn([C@]5(C(=O)O)C[C@H](O)[C@@H](NC(C)=O)[C@H]([C@H](O)[C@H](O)CNC(=O)c6ccc(-c7ccccc7)cc6)O5)nn4)cc3)nn2)C[C@@H]1O. The van der Waals surface area contributed by atoms with Crippen LogP contribution in [0.5, 0.6) is 0 Å². The van der Waals surface area contributed by atoms with Gasteiger partial charge >= 0.3 is 11.9 Å². The Morgan fingerprint density at radius 2 is 0.786 bits per heavy atom. The fourth-order valence-electron chi connectivity index (χ4n) is 11.7. The molecule has 2 aliphatic heterocycles. The molecule has 30 nitrogen and oxygen atoms in total. The van der Waals surface area contributed by atoms with Crippen molar-refractivity contribution in [2.24, 2.45) is 0 Å². The molecule has 0 saturated carbocycles. The Kier molecular flexibility index (Phi) is 24.1. The van der Waals surface area contributed by atoms with Crippen molar-refractivity contribution in [2.45, 2.75) is 138 Å². The molecule has 0 bridgehead atoms. The monoisotopic (exact) mass is 1350 g/mol. The third-order valence-corrected chi connectivity index (χ3v) is 17.0. The van der Waals surface area contributed by atoms with Gasteiger partial charge in [-0.3, -0.25) is 28.8 Å². The number of aliphatic hydroxyl groups excluding tert-OH is 6. The van der Waals surface area contributed by atoms with Crippen molar-refractivity contribution in [1.82, 2.24) is 61.9 Å². The molecule has 0 spiro atoms. The lowest BCUT2D eigenvalue weighted by Crippen LogP contribution is -2.67. The highest BCUT2D eigenvalue weighted by molar-refractivity contribution is 5.98. The second-order valence-corrected chi connectivity index (χ2v) is 24.1. The van der Waals surface area contributed by atoms with Crippen molar-refractivity contribution in [3.05, 3.63) is 179 Å². The molecule has 2 aromatic heterocycles. The summed E-state index contributed by atoms with van der Waals surface area (Å²) in [6.07, 6.45) is -10.8. The largest absolute Gasteiger partial charge is 0.478 e. The van der Waals surface area contributed by atoms with Crippen molar-refractivity contribution in [3.8, 4) is 22.3 Å². The molecule has 2 aliphatic rings. The zero-order valence-corrected chi connectivity index (χ0v) is 53.5. The fourth-order valence-corrected chi connectivity index (χ4v) is 11.7. The van der Waals surface area contributed by atoms with Crippen molar-refractivity contribution in [3.63, 3.8) is 0 Å². The van der Waals surface area contributed by atoms with E-state index in [9.17, 15) is 79.2 Å². The molecule has 7 aromatic rings. The smallest absolute Gasteiger partial charge is 0.359 e. The Morgan fingerprint density at radius 1 is 0.469 bits per heavy atom. The molecule has 9 rings (SSSR count). The van der Waals surface area contributed by atoms with Gasteiger partial charge in [0.15, 0.2) is 0 Å². The van der Waals surface area contributed by atoms with E-state index < -0.39 is 146 Å². The van der Waals surface area contributed by atoms with E-state index >= 15 is 0 Å². The lowest BCUT2D eigenvalue weighted by Gasteiger charge is -2.46. The highest BCUT2D eigenvalue weighted by Gasteiger charge is 2.58. The number of carbonyl (C=O) groups is 8.